The van der Waals surface area contributed by atoms with Crippen LogP contribution in [0.5, 0.6) is 0 Å². The van der Waals surface area contributed by atoms with Gasteiger partial charge in [-0.2, -0.15) is 5.26 Å². The molecule has 2 aromatic rings. The van der Waals surface area contributed by atoms with Gasteiger partial charge in [0.1, 0.15) is 0 Å². The van der Waals surface area contributed by atoms with Crippen molar-refractivity contribution in [1.82, 2.24) is 4.90 Å². The number of benzene rings is 2. The lowest BCUT2D eigenvalue weighted by molar-refractivity contribution is 0.0701. The molecule has 1 atom stereocenters. The van der Waals surface area contributed by atoms with Crippen molar-refractivity contribution in [3.05, 3.63) is 70.8 Å². The molecule has 3 heteroatoms. The van der Waals surface area contributed by atoms with Crippen LogP contribution in [0.1, 0.15) is 46.9 Å². The Labute approximate surface area is 131 Å². The predicted molar refractivity (Wildman–Crippen MR) is 87.5 cm³/mol. The van der Waals surface area contributed by atoms with Gasteiger partial charge in [-0.05, 0) is 50.1 Å². The maximum absolute atomic E-state index is 12.8. The maximum atomic E-state index is 12.8. The van der Waals surface area contributed by atoms with Gasteiger partial charge in [0, 0.05) is 12.1 Å². The Hall–Kier alpha value is -2.60. The first kappa shape index (κ1) is 15.8. The second-order valence-corrected chi connectivity index (χ2v) is 5.32. The van der Waals surface area contributed by atoms with Crippen LogP contribution in [-0.2, 0) is 0 Å². The number of aryl methyl sites for hydroxylation is 1. The standard InChI is InChI=1S/C19H20N2O/c1-4-21(19(22)18-8-6-5-7-14(18)2)15(3)17-11-9-16(13-20)10-12-17/h5-12,15H,4H2,1-3H3. The highest BCUT2D eigenvalue weighted by Crippen LogP contribution is 2.23. The molecular formula is C19H20N2O. The molecule has 0 radical (unpaired) electrons. The number of hydrogen-bond acceptors (Lipinski definition) is 2. The van der Waals surface area contributed by atoms with E-state index in [4.69, 9.17) is 5.26 Å². The third-order valence-electron chi connectivity index (χ3n) is 3.97. The summed E-state index contributed by atoms with van der Waals surface area (Å²) in [6.07, 6.45) is 0. The number of nitrogens with zero attached hydrogens (tertiary/aromatic N) is 2. The zero-order valence-electron chi connectivity index (χ0n) is 13.2. The molecule has 112 valence electrons. The Bertz CT molecular complexity index is 698. The van der Waals surface area contributed by atoms with Crippen molar-refractivity contribution < 1.29 is 4.79 Å². The Morgan fingerprint density at radius 1 is 1.18 bits per heavy atom. The van der Waals surface area contributed by atoms with Crippen LogP contribution in [0.3, 0.4) is 0 Å². The molecular weight excluding hydrogens is 272 g/mol. The molecule has 0 bridgehead atoms. The lowest BCUT2D eigenvalue weighted by Crippen LogP contribution is -2.33. The number of hydrogen-bond donors (Lipinski definition) is 0. The topological polar surface area (TPSA) is 44.1 Å². The summed E-state index contributed by atoms with van der Waals surface area (Å²) in [6, 6.07) is 17.1. The Morgan fingerprint density at radius 2 is 1.82 bits per heavy atom. The second-order valence-electron chi connectivity index (χ2n) is 5.32. The van der Waals surface area contributed by atoms with Crippen molar-refractivity contribution in [2.24, 2.45) is 0 Å². The number of rotatable bonds is 4. The smallest absolute Gasteiger partial charge is 0.254 e. The van der Waals surface area contributed by atoms with E-state index >= 15 is 0 Å². The van der Waals surface area contributed by atoms with Crippen molar-refractivity contribution in [3.8, 4) is 6.07 Å². The molecule has 0 aliphatic carbocycles. The van der Waals surface area contributed by atoms with Crippen LogP contribution in [0.2, 0.25) is 0 Å². The van der Waals surface area contributed by atoms with E-state index in [1.54, 1.807) is 12.1 Å². The van der Waals surface area contributed by atoms with Crippen LogP contribution in [0, 0.1) is 18.3 Å². The molecule has 0 N–H and O–H groups in total. The molecule has 0 aromatic heterocycles. The van der Waals surface area contributed by atoms with Crippen LogP contribution < -0.4 is 0 Å². The maximum Gasteiger partial charge on any atom is 0.254 e. The van der Waals surface area contributed by atoms with Crippen molar-refractivity contribution in [2.75, 3.05) is 6.54 Å². The minimum Gasteiger partial charge on any atom is -0.332 e. The Morgan fingerprint density at radius 3 is 2.36 bits per heavy atom. The fraction of sp³-hybridized carbons (Fsp3) is 0.263. The Kier molecular flexibility index (Phi) is 4.95. The van der Waals surface area contributed by atoms with Crippen LogP contribution in [0.15, 0.2) is 48.5 Å². The lowest BCUT2D eigenvalue weighted by atomic mass is 10.0. The van der Waals surface area contributed by atoms with E-state index in [0.29, 0.717) is 12.1 Å². The molecule has 3 nitrogen and oxygen atoms in total. The molecule has 0 saturated heterocycles. The first-order chi connectivity index (χ1) is 10.6. The molecule has 2 rings (SSSR count). The summed E-state index contributed by atoms with van der Waals surface area (Å²) in [5.41, 5.74) is 3.38. The van der Waals surface area contributed by atoms with Crippen molar-refractivity contribution in [3.63, 3.8) is 0 Å². The molecule has 2 aromatic carbocycles. The normalized spacial score (nSPS) is 11.5. The van der Waals surface area contributed by atoms with Gasteiger partial charge in [-0.1, -0.05) is 30.3 Å². The average Bonchev–Trinajstić information content (AvgIpc) is 2.55. The number of carbonyl (C=O) groups is 1. The minimum atomic E-state index is -0.0372. The van der Waals surface area contributed by atoms with Gasteiger partial charge in [-0.15, -0.1) is 0 Å². The minimum absolute atomic E-state index is 0.0372. The number of carbonyl (C=O) groups excluding carboxylic acids is 1. The van der Waals surface area contributed by atoms with Gasteiger partial charge in [-0.25, -0.2) is 0 Å². The highest BCUT2D eigenvalue weighted by Gasteiger charge is 2.22. The lowest BCUT2D eigenvalue weighted by Gasteiger charge is -2.29. The fourth-order valence-electron chi connectivity index (χ4n) is 2.58. The van der Waals surface area contributed by atoms with Gasteiger partial charge in [0.15, 0.2) is 0 Å². The SMILES string of the molecule is CCN(C(=O)c1ccccc1C)C(C)c1ccc(C#N)cc1. The van der Waals surface area contributed by atoms with Crippen LogP contribution in [-0.4, -0.2) is 17.4 Å². The first-order valence-corrected chi connectivity index (χ1v) is 7.45. The van der Waals surface area contributed by atoms with Crippen LogP contribution in [0.4, 0.5) is 0 Å². The van der Waals surface area contributed by atoms with Crippen molar-refractivity contribution >= 4 is 5.91 Å². The molecule has 22 heavy (non-hydrogen) atoms. The van der Waals surface area contributed by atoms with Crippen molar-refractivity contribution in [2.45, 2.75) is 26.8 Å². The highest BCUT2D eigenvalue weighted by molar-refractivity contribution is 5.95. The molecule has 0 saturated carbocycles. The van der Waals surface area contributed by atoms with Gasteiger partial charge in [-0.3, -0.25) is 4.79 Å². The van der Waals surface area contributed by atoms with Gasteiger partial charge >= 0.3 is 0 Å². The van der Waals surface area contributed by atoms with E-state index in [1.807, 2.05) is 62.1 Å². The zero-order chi connectivity index (χ0) is 16.1. The van der Waals surface area contributed by atoms with Crippen molar-refractivity contribution in [1.29, 1.82) is 5.26 Å². The molecule has 0 aliphatic rings. The van der Waals surface area contributed by atoms with E-state index < -0.39 is 0 Å². The summed E-state index contributed by atoms with van der Waals surface area (Å²) < 4.78 is 0. The van der Waals surface area contributed by atoms with E-state index in [1.165, 1.54) is 0 Å². The van der Waals surface area contributed by atoms with Gasteiger partial charge in [0.25, 0.3) is 5.91 Å². The van der Waals surface area contributed by atoms with E-state index in [0.717, 1.165) is 16.7 Å². The molecule has 0 spiro atoms. The molecule has 1 unspecified atom stereocenters. The summed E-state index contributed by atoms with van der Waals surface area (Å²) >= 11 is 0. The molecule has 0 aliphatic heterocycles. The van der Waals surface area contributed by atoms with E-state index in [2.05, 4.69) is 6.07 Å². The highest BCUT2D eigenvalue weighted by atomic mass is 16.2. The van der Waals surface area contributed by atoms with Crippen LogP contribution >= 0.6 is 0 Å². The molecule has 0 fully saturated rings. The van der Waals surface area contributed by atoms with E-state index in [9.17, 15) is 4.79 Å². The third-order valence-corrected chi connectivity index (χ3v) is 3.97. The largest absolute Gasteiger partial charge is 0.332 e. The first-order valence-electron chi connectivity index (χ1n) is 7.45. The summed E-state index contributed by atoms with van der Waals surface area (Å²) in [5, 5.41) is 8.88. The zero-order valence-corrected chi connectivity index (χ0v) is 13.2. The second kappa shape index (κ2) is 6.91. The third kappa shape index (κ3) is 3.17. The number of amides is 1. The van der Waals surface area contributed by atoms with Gasteiger partial charge < -0.3 is 4.90 Å². The summed E-state index contributed by atoms with van der Waals surface area (Å²) in [5.74, 6) is 0.0393. The van der Waals surface area contributed by atoms with Crippen LogP contribution in [0.25, 0.3) is 0 Å². The van der Waals surface area contributed by atoms with Gasteiger partial charge in [0.2, 0.25) is 0 Å². The average molecular weight is 292 g/mol. The molecule has 1 amide bonds. The van der Waals surface area contributed by atoms with E-state index in [-0.39, 0.29) is 11.9 Å². The quantitative estimate of drug-likeness (QED) is 0.852. The summed E-state index contributed by atoms with van der Waals surface area (Å²) in [4.78, 5) is 14.7. The Balaban J connectivity index is 2.28. The summed E-state index contributed by atoms with van der Waals surface area (Å²) in [7, 11) is 0. The predicted octanol–water partition coefficient (Wildman–Crippen LogP) is 4.09. The molecule has 0 heterocycles. The monoisotopic (exact) mass is 292 g/mol. The summed E-state index contributed by atoms with van der Waals surface area (Å²) in [6.45, 7) is 6.58. The number of nitriles is 1. The fourth-order valence-corrected chi connectivity index (χ4v) is 2.58. The van der Waals surface area contributed by atoms with Gasteiger partial charge in [0.05, 0.1) is 17.7 Å².